The second-order valence-corrected chi connectivity index (χ2v) is 3.69. The number of phenols is 1. The summed E-state index contributed by atoms with van der Waals surface area (Å²) in [5, 5.41) is 12.3. The molecule has 0 fully saturated rings. The molecule has 0 amide bonds. The van der Waals surface area contributed by atoms with Gasteiger partial charge in [-0.15, -0.1) is 11.3 Å². The monoisotopic (exact) mass is 179 g/mol. The molecule has 0 aliphatic heterocycles. The number of fused-ring (bicyclic) bond motifs is 1. The average molecular weight is 179 g/mol. The molecule has 2 nitrogen and oxygen atoms in total. The Morgan fingerprint density at radius 2 is 2.25 bits per heavy atom. The highest BCUT2D eigenvalue weighted by atomic mass is 32.1. The number of aromatic hydroxyl groups is 1. The van der Waals surface area contributed by atoms with Gasteiger partial charge in [-0.1, -0.05) is 0 Å². The van der Waals surface area contributed by atoms with Gasteiger partial charge in [-0.3, -0.25) is 0 Å². The van der Waals surface area contributed by atoms with Crippen LogP contribution in [0.3, 0.4) is 0 Å². The normalized spacial score (nSPS) is 10.8. The highest BCUT2D eigenvalue weighted by Crippen LogP contribution is 2.35. The first-order valence-corrected chi connectivity index (χ1v) is 4.53. The number of benzene rings is 1. The zero-order chi connectivity index (χ0) is 8.72. The van der Waals surface area contributed by atoms with Gasteiger partial charge in [0.1, 0.15) is 5.75 Å². The fourth-order valence-electron chi connectivity index (χ4n) is 1.27. The predicted molar refractivity (Wildman–Crippen MR) is 52.6 cm³/mol. The number of aryl methyl sites for hydroxylation is 1. The van der Waals surface area contributed by atoms with Gasteiger partial charge in [-0.05, 0) is 23.9 Å². The third-order valence-electron chi connectivity index (χ3n) is 2.01. The van der Waals surface area contributed by atoms with Gasteiger partial charge < -0.3 is 10.8 Å². The number of rotatable bonds is 0. The lowest BCUT2D eigenvalue weighted by molar-refractivity contribution is 0.482. The van der Waals surface area contributed by atoms with Crippen molar-refractivity contribution in [3.63, 3.8) is 0 Å². The van der Waals surface area contributed by atoms with Crippen LogP contribution in [0, 0.1) is 6.92 Å². The summed E-state index contributed by atoms with van der Waals surface area (Å²) in [4.78, 5) is 0. The van der Waals surface area contributed by atoms with Crippen LogP contribution in [0.25, 0.3) is 10.1 Å². The van der Waals surface area contributed by atoms with Crippen molar-refractivity contribution in [2.75, 3.05) is 5.73 Å². The number of nitrogen functional groups attached to an aromatic ring is 1. The quantitative estimate of drug-likeness (QED) is 0.610. The van der Waals surface area contributed by atoms with Crippen LogP contribution in [0.5, 0.6) is 5.75 Å². The smallest absolute Gasteiger partial charge is 0.126 e. The van der Waals surface area contributed by atoms with Crippen LogP contribution in [0.4, 0.5) is 5.69 Å². The fourth-order valence-corrected chi connectivity index (χ4v) is 2.20. The Morgan fingerprint density at radius 1 is 1.50 bits per heavy atom. The maximum atomic E-state index is 9.49. The molecule has 2 aromatic rings. The van der Waals surface area contributed by atoms with Gasteiger partial charge in [0.15, 0.2) is 0 Å². The average Bonchev–Trinajstić information content (AvgIpc) is 2.48. The van der Waals surface area contributed by atoms with Gasteiger partial charge >= 0.3 is 0 Å². The molecule has 0 saturated heterocycles. The maximum absolute atomic E-state index is 9.49. The number of hydrogen-bond acceptors (Lipinski definition) is 3. The van der Waals surface area contributed by atoms with Crippen molar-refractivity contribution < 1.29 is 5.11 Å². The molecule has 12 heavy (non-hydrogen) atoms. The van der Waals surface area contributed by atoms with Crippen molar-refractivity contribution in [2.24, 2.45) is 0 Å². The van der Waals surface area contributed by atoms with E-state index in [1.807, 2.05) is 18.4 Å². The van der Waals surface area contributed by atoms with E-state index in [0.717, 1.165) is 15.6 Å². The van der Waals surface area contributed by atoms with Gasteiger partial charge in [0.2, 0.25) is 0 Å². The highest BCUT2D eigenvalue weighted by molar-refractivity contribution is 7.17. The lowest BCUT2D eigenvalue weighted by Crippen LogP contribution is -1.88. The summed E-state index contributed by atoms with van der Waals surface area (Å²) in [5.74, 6) is 0.273. The zero-order valence-corrected chi connectivity index (χ0v) is 7.48. The van der Waals surface area contributed by atoms with Crippen LogP contribution in [-0.2, 0) is 0 Å². The first kappa shape index (κ1) is 7.43. The minimum absolute atomic E-state index is 0.273. The highest BCUT2D eigenvalue weighted by Gasteiger charge is 2.06. The van der Waals surface area contributed by atoms with Gasteiger partial charge in [0.05, 0.1) is 0 Å². The summed E-state index contributed by atoms with van der Waals surface area (Å²) in [6.07, 6.45) is 0. The second kappa shape index (κ2) is 2.38. The van der Waals surface area contributed by atoms with E-state index in [-0.39, 0.29) is 5.75 Å². The lowest BCUT2D eigenvalue weighted by atomic mass is 10.1. The molecule has 0 spiro atoms. The number of thiophene rings is 1. The first-order chi connectivity index (χ1) is 5.70. The summed E-state index contributed by atoms with van der Waals surface area (Å²) in [7, 11) is 0. The fraction of sp³-hybridized carbons (Fsp3) is 0.111. The van der Waals surface area contributed by atoms with E-state index >= 15 is 0 Å². The van der Waals surface area contributed by atoms with E-state index < -0.39 is 0 Å². The molecule has 0 bridgehead atoms. The molecule has 2 rings (SSSR count). The molecular weight excluding hydrogens is 170 g/mol. The molecule has 0 radical (unpaired) electrons. The van der Waals surface area contributed by atoms with E-state index in [4.69, 9.17) is 5.73 Å². The Balaban J connectivity index is 2.97. The Bertz CT molecular complexity index is 433. The molecule has 3 N–H and O–H groups in total. The largest absolute Gasteiger partial charge is 0.507 e. The van der Waals surface area contributed by atoms with E-state index in [1.165, 1.54) is 0 Å². The first-order valence-electron chi connectivity index (χ1n) is 3.65. The zero-order valence-electron chi connectivity index (χ0n) is 6.66. The molecule has 1 aromatic heterocycles. The van der Waals surface area contributed by atoms with Crippen LogP contribution in [-0.4, -0.2) is 5.11 Å². The van der Waals surface area contributed by atoms with Gasteiger partial charge in [0, 0.05) is 21.8 Å². The maximum Gasteiger partial charge on any atom is 0.126 e. The van der Waals surface area contributed by atoms with E-state index in [1.54, 1.807) is 17.4 Å². The molecule has 62 valence electrons. The molecule has 0 unspecified atom stereocenters. The summed E-state index contributed by atoms with van der Waals surface area (Å²) in [6.45, 7) is 1.97. The number of phenolic OH excluding ortho intramolecular Hbond substituents is 1. The minimum atomic E-state index is 0.273. The third kappa shape index (κ3) is 0.865. The van der Waals surface area contributed by atoms with Crippen molar-refractivity contribution in [3.8, 4) is 5.75 Å². The van der Waals surface area contributed by atoms with Crippen LogP contribution >= 0.6 is 11.3 Å². The van der Waals surface area contributed by atoms with Crippen LogP contribution in [0.1, 0.15) is 5.56 Å². The van der Waals surface area contributed by atoms with Gasteiger partial charge in [-0.2, -0.15) is 0 Å². The summed E-state index contributed by atoms with van der Waals surface area (Å²) < 4.78 is 1.08. The molecule has 0 aliphatic rings. The molecule has 0 aliphatic carbocycles. The number of hydrogen-bond donors (Lipinski definition) is 2. The van der Waals surface area contributed by atoms with Crippen LogP contribution < -0.4 is 5.73 Å². The second-order valence-electron chi connectivity index (χ2n) is 2.77. The van der Waals surface area contributed by atoms with Crippen LogP contribution in [0.2, 0.25) is 0 Å². The molecular formula is C9H9NOS. The molecule has 0 atom stereocenters. The Kier molecular flexibility index (Phi) is 1.48. The third-order valence-corrected chi connectivity index (χ3v) is 3.04. The summed E-state index contributed by atoms with van der Waals surface area (Å²) in [6, 6.07) is 3.51. The molecule has 0 saturated carbocycles. The summed E-state index contributed by atoms with van der Waals surface area (Å²) >= 11 is 1.60. The number of nitrogens with two attached hydrogens (primary N) is 1. The van der Waals surface area contributed by atoms with Gasteiger partial charge in [-0.25, -0.2) is 0 Å². The van der Waals surface area contributed by atoms with Crippen molar-refractivity contribution in [1.82, 2.24) is 0 Å². The Morgan fingerprint density at radius 3 is 3.00 bits per heavy atom. The van der Waals surface area contributed by atoms with Crippen molar-refractivity contribution >= 4 is 27.1 Å². The van der Waals surface area contributed by atoms with E-state index in [0.29, 0.717) is 5.69 Å². The molecule has 3 heteroatoms. The Hall–Kier alpha value is -1.22. The predicted octanol–water partition coefficient (Wildman–Crippen LogP) is 2.50. The minimum Gasteiger partial charge on any atom is -0.507 e. The number of anilines is 1. The van der Waals surface area contributed by atoms with Gasteiger partial charge in [0.25, 0.3) is 0 Å². The van der Waals surface area contributed by atoms with E-state index in [2.05, 4.69) is 0 Å². The molecule has 1 heterocycles. The summed E-state index contributed by atoms with van der Waals surface area (Å²) in [5.41, 5.74) is 7.40. The Labute approximate surface area is 74.3 Å². The topological polar surface area (TPSA) is 46.2 Å². The SMILES string of the molecule is Cc1c(N)cc(O)c2ccsc12. The molecule has 1 aromatic carbocycles. The van der Waals surface area contributed by atoms with Crippen molar-refractivity contribution in [3.05, 3.63) is 23.1 Å². The van der Waals surface area contributed by atoms with Crippen molar-refractivity contribution in [1.29, 1.82) is 0 Å². The van der Waals surface area contributed by atoms with E-state index in [9.17, 15) is 5.11 Å². The lowest BCUT2D eigenvalue weighted by Gasteiger charge is -2.02. The van der Waals surface area contributed by atoms with Crippen molar-refractivity contribution in [2.45, 2.75) is 6.92 Å². The standard InChI is InChI=1S/C9H9NOS/c1-5-7(10)4-8(11)6-2-3-12-9(5)6/h2-4,11H,10H2,1H3. The van der Waals surface area contributed by atoms with Crippen LogP contribution in [0.15, 0.2) is 17.5 Å².